The van der Waals surface area contributed by atoms with Gasteiger partial charge in [0.15, 0.2) is 6.61 Å². The van der Waals surface area contributed by atoms with Crippen molar-refractivity contribution in [1.29, 1.82) is 0 Å². The first-order chi connectivity index (χ1) is 13.4. The molecule has 0 unspecified atom stereocenters. The van der Waals surface area contributed by atoms with Gasteiger partial charge in [-0.2, -0.15) is 0 Å². The van der Waals surface area contributed by atoms with Crippen LogP contribution in [0.1, 0.15) is 32.1 Å². The highest BCUT2D eigenvalue weighted by Gasteiger charge is 2.47. The lowest BCUT2D eigenvalue weighted by Gasteiger charge is -2.19. The number of ether oxygens (including phenoxy) is 1. The number of likely N-dealkylation sites (tertiary alicyclic amines) is 1. The van der Waals surface area contributed by atoms with Crippen molar-refractivity contribution < 1.29 is 32.7 Å². The fraction of sp³-hybridized carbons (Fsp3) is 0.474. The first-order valence-corrected chi connectivity index (χ1v) is 9.13. The Hall–Kier alpha value is -2.84. The summed E-state index contributed by atoms with van der Waals surface area (Å²) in [5.41, 5.74) is -0.626. The topological polar surface area (TPSA) is 92.8 Å². The Kier molecular flexibility index (Phi) is 6.01. The second kappa shape index (κ2) is 8.45. The van der Waals surface area contributed by atoms with Gasteiger partial charge >= 0.3 is 5.97 Å². The van der Waals surface area contributed by atoms with Gasteiger partial charge in [0.25, 0.3) is 5.91 Å². The zero-order valence-electron chi connectivity index (χ0n) is 15.1. The number of carbonyl (C=O) groups excluding carboxylic acids is 4. The van der Waals surface area contributed by atoms with Crippen LogP contribution in [0.5, 0.6) is 0 Å². The molecule has 9 heteroatoms. The summed E-state index contributed by atoms with van der Waals surface area (Å²) in [5, 5.41) is 1.99. The van der Waals surface area contributed by atoms with Gasteiger partial charge in [0.1, 0.15) is 17.3 Å². The number of halogens is 2. The van der Waals surface area contributed by atoms with Crippen LogP contribution in [-0.2, 0) is 23.9 Å². The second-order valence-electron chi connectivity index (χ2n) is 6.88. The lowest BCUT2D eigenvalue weighted by molar-refractivity contribution is -0.148. The highest BCUT2D eigenvalue weighted by molar-refractivity contribution is 6.05. The van der Waals surface area contributed by atoms with Crippen molar-refractivity contribution in [2.75, 3.05) is 18.5 Å². The number of esters is 1. The van der Waals surface area contributed by atoms with Crippen molar-refractivity contribution in [3.8, 4) is 0 Å². The van der Waals surface area contributed by atoms with Gasteiger partial charge in [-0.3, -0.25) is 24.1 Å². The van der Waals surface area contributed by atoms with Gasteiger partial charge in [0.05, 0.1) is 18.3 Å². The minimum Gasteiger partial charge on any atom is -0.456 e. The smallest absolute Gasteiger partial charge is 0.308 e. The van der Waals surface area contributed by atoms with Crippen molar-refractivity contribution >= 4 is 29.4 Å². The Balaban J connectivity index is 1.45. The average molecular weight is 394 g/mol. The molecule has 150 valence electrons. The Morgan fingerprint density at radius 1 is 1.07 bits per heavy atom. The van der Waals surface area contributed by atoms with Crippen LogP contribution in [-0.4, -0.2) is 41.7 Å². The SMILES string of the molecule is O=C(COC(=O)CCN1C(=O)[C@H]2CCCC[C@@H]2C1=O)Nc1c(F)cccc1F. The van der Waals surface area contributed by atoms with Gasteiger partial charge in [0.2, 0.25) is 11.8 Å². The second-order valence-corrected chi connectivity index (χ2v) is 6.88. The predicted molar refractivity (Wildman–Crippen MR) is 92.7 cm³/mol. The van der Waals surface area contributed by atoms with Crippen LogP contribution < -0.4 is 5.32 Å². The first kappa shape index (κ1) is 19.9. The number of anilines is 1. The summed E-state index contributed by atoms with van der Waals surface area (Å²) < 4.78 is 31.7. The quantitative estimate of drug-likeness (QED) is 0.589. The lowest BCUT2D eigenvalue weighted by atomic mass is 9.81. The number of hydrogen-bond donors (Lipinski definition) is 1. The molecule has 1 aromatic carbocycles. The van der Waals surface area contributed by atoms with E-state index in [9.17, 15) is 28.0 Å². The van der Waals surface area contributed by atoms with Crippen LogP contribution in [0, 0.1) is 23.5 Å². The number of nitrogens with one attached hydrogen (secondary N) is 1. The van der Waals surface area contributed by atoms with E-state index in [1.54, 1.807) is 0 Å². The maximum absolute atomic E-state index is 13.5. The minimum atomic E-state index is -0.952. The molecule has 2 fully saturated rings. The molecule has 3 rings (SSSR count). The van der Waals surface area contributed by atoms with Gasteiger partial charge < -0.3 is 10.1 Å². The van der Waals surface area contributed by atoms with E-state index in [-0.39, 0.29) is 36.6 Å². The Morgan fingerprint density at radius 3 is 2.21 bits per heavy atom. The van der Waals surface area contributed by atoms with Crippen LogP contribution in [0.4, 0.5) is 14.5 Å². The number of fused-ring (bicyclic) bond motifs is 1. The molecule has 0 aromatic heterocycles. The number of hydrogen-bond acceptors (Lipinski definition) is 5. The van der Waals surface area contributed by atoms with Gasteiger partial charge in [-0.15, -0.1) is 0 Å². The van der Waals surface area contributed by atoms with Crippen molar-refractivity contribution in [1.82, 2.24) is 4.90 Å². The fourth-order valence-corrected chi connectivity index (χ4v) is 3.67. The molecule has 3 amide bonds. The molecule has 0 spiro atoms. The lowest BCUT2D eigenvalue weighted by Crippen LogP contribution is -2.33. The number of imide groups is 1. The molecule has 1 heterocycles. The fourth-order valence-electron chi connectivity index (χ4n) is 3.67. The zero-order chi connectivity index (χ0) is 20.3. The summed E-state index contributed by atoms with van der Waals surface area (Å²) in [4.78, 5) is 49.3. The maximum atomic E-state index is 13.5. The van der Waals surface area contributed by atoms with E-state index in [0.29, 0.717) is 12.8 Å². The van der Waals surface area contributed by atoms with Crippen LogP contribution in [0.15, 0.2) is 18.2 Å². The highest BCUT2D eigenvalue weighted by atomic mass is 19.1. The Labute approximate surface area is 160 Å². The Morgan fingerprint density at radius 2 is 1.64 bits per heavy atom. The van der Waals surface area contributed by atoms with E-state index in [1.165, 1.54) is 0 Å². The van der Waals surface area contributed by atoms with E-state index < -0.39 is 35.8 Å². The normalized spacial score (nSPS) is 21.4. The molecular weight excluding hydrogens is 374 g/mol. The van der Waals surface area contributed by atoms with Gasteiger partial charge in [-0.25, -0.2) is 8.78 Å². The highest BCUT2D eigenvalue weighted by Crippen LogP contribution is 2.37. The van der Waals surface area contributed by atoms with Crippen molar-refractivity contribution in [2.24, 2.45) is 11.8 Å². The summed E-state index contributed by atoms with van der Waals surface area (Å²) in [6.45, 7) is -0.840. The number of rotatable bonds is 6. The monoisotopic (exact) mass is 394 g/mol. The third kappa shape index (κ3) is 4.18. The van der Waals surface area contributed by atoms with Crippen molar-refractivity contribution in [2.45, 2.75) is 32.1 Å². The molecular formula is C19H20F2N2O5. The summed E-state index contributed by atoms with van der Waals surface area (Å²) in [6, 6.07) is 3.11. The van der Waals surface area contributed by atoms with Crippen molar-refractivity contribution in [3.05, 3.63) is 29.8 Å². The van der Waals surface area contributed by atoms with Crippen LogP contribution >= 0.6 is 0 Å². The molecule has 1 aliphatic heterocycles. The molecule has 28 heavy (non-hydrogen) atoms. The largest absolute Gasteiger partial charge is 0.456 e. The molecule has 1 aliphatic carbocycles. The predicted octanol–water partition coefficient (Wildman–Crippen LogP) is 2.01. The number of nitrogens with zero attached hydrogens (tertiary/aromatic N) is 1. The Bertz CT molecular complexity index is 769. The first-order valence-electron chi connectivity index (χ1n) is 9.13. The molecule has 2 atom stereocenters. The van der Waals surface area contributed by atoms with Crippen molar-refractivity contribution in [3.63, 3.8) is 0 Å². The molecule has 1 saturated heterocycles. The molecule has 0 bridgehead atoms. The molecule has 1 N–H and O–H groups in total. The number of benzene rings is 1. The van der Waals surface area contributed by atoms with E-state index >= 15 is 0 Å². The molecule has 1 aromatic rings. The van der Waals surface area contributed by atoms with E-state index in [4.69, 9.17) is 4.74 Å². The van der Waals surface area contributed by atoms with E-state index in [1.807, 2.05) is 5.32 Å². The maximum Gasteiger partial charge on any atom is 0.308 e. The third-order valence-corrected chi connectivity index (χ3v) is 5.06. The zero-order valence-corrected chi connectivity index (χ0v) is 15.1. The standard InChI is InChI=1S/C19H20F2N2O5/c20-13-6-3-7-14(21)17(13)22-15(24)10-28-16(25)8-9-23-18(26)11-4-1-2-5-12(11)19(23)27/h3,6-7,11-12H,1-2,4-5,8-10H2,(H,22,24)/t11-,12-/m0/s1. The van der Waals surface area contributed by atoms with Crippen LogP contribution in [0.2, 0.25) is 0 Å². The third-order valence-electron chi connectivity index (χ3n) is 5.06. The summed E-state index contributed by atoms with van der Waals surface area (Å²) >= 11 is 0. The van der Waals surface area contributed by atoms with Gasteiger partial charge in [-0.1, -0.05) is 18.9 Å². The number of amides is 3. The molecule has 7 nitrogen and oxygen atoms in total. The summed E-state index contributed by atoms with van der Waals surface area (Å²) in [5.74, 6) is -4.70. The van der Waals surface area contributed by atoms with E-state index in [0.717, 1.165) is 35.9 Å². The molecule has 1 saturated carbocycles. The number of para-hydroxylation sites is 1. The number of carbonyl (C=O) groups is 4. The molecule has 2 aliphatic rings. The van der Waals surface area contributed by atoms with Gasteiger partial charge in [-0.05, 0) is 25.0 Å². The minimum absolute atomic E-state index is 0.104. The summed E-state index contributed by atoms with van der Waals surface area (Å²) in [7, 11) is 0. The summed E-state index contributed by atoms with van der Waals surface area (Å²) in [6.07, 6.45) is 2.94. The molecule has 0 radical (unpaired) electrons. The van der Waals surface area contributed by atoms with Crippen LogP contribution in [0.25, 0.3) is 0 Å². The average Bonchev–Trinajstić information content (AvgIpc) is 2.92. The van der Waals surface area contributed by atoms with Crippen LogP contribution in [0.3, 0.4) is 0 Å². The van der Waals surface area contributed by atoms with E-state index in [2.05, 4.69) is 0 Å². The van der Waals surface area contributed by atoms with Gasteiger partial charge in [0, 0.05) is 6.54 Å².